The molecule has 1 aliphatic rings. The molecule has 4 aromatic carbocycles. The van der Waals surface area contributed by atoms with Crippen LogP contribution in [0.25, 0.3) is 6.08 Å². The first-order valence-electron chi connectivity index (χ1n) is 14.3. The number of halogens is 1. The van der Waals surface area contributed by atoms with Gasteiger partial charge in [0.2, 0.25) is 11.8 Å². The summed E-state index contributed by atoms with van der Waals surface area (Å²) in [5.74, 6) is -2.21. The minimum Gasteiger partial charge on any atom is -0.462 e. The molecule has 0 radical (unpaired) electrons. The smallest absolute Gasteiger partial charge is 0.338 e. The van der Waals surface area contributed by atoms with Crippen LogP contribution in [0.4, 0.5) is 11.4 Å². The van der Waals surface area contributed by atoms with Gasteiger partial charge in [-0.1, -0.05) is 48.0 Å². The molecular weight excluding hydrogens is 626 g/mol. The highest BCUT2D eigenvalue weighted by Crippen LogP contribution is 2.34. The number of carbonyl (C=O) groups is 5. The minimum absolute atomic E-state index is 0.00847. The number of hydrogen-bond acceptors (Lipinski definition) is 7. The average molecular weight is 654 g/mol. The number of esters is 1. The van der Waals surface area contributed by atoms with Gasteiger partial charge in [-0.25, -0.2) is 9.69 Å². The van der Waals surface area contributed by atoms with Crippen molar-refractivity contribution < 1.29 is 28.7 Å². The van der Waals surface area contributed by atoms with Gasteiger partial charge in [-0.05, 0) is 85.3 Å². The van der Waals surface area contributed by atoms with E-state index in [4.69, 9.17) is 16.3 Å². The third kappa shape index (κ3) is 7.71. The highest BCUT2D eigenvalue weighted by atomic mass is 35.5. The maximum Gasteiger partial charge on any atom is 0.338 e. The molecule has 2 N–H and O–H groups in total. The minimum atomic E-state index is -0.643. The van der Waals surface area contributed by atoms with E-state index in [0.29, 0.717) is 38.0 Å². The number of amides is 4. The SMILES string of the molecule is CCOC(=O)c1ccc(N2C(=O)CC(Sc3ccc(NC(=O)/C(=C/c4ccccc4Cl)NC(=O)c4ccccc4)cc3)C2=O)cc1. The summed E-state index contributed by atoms with van der Waals surface area (Å²) < 4.78 is 4.98. The van der Waals surface area contributed by atoms with Crippen LogP contribution in [0.2, 0.25) is 5.02 Å². The first-order chi connectivity index (χ1) is 22.2. The molecule has 46 heavy (non-hydrogen) atoms. The number of anilines is 2. The molecule has 1 unspecified atom stereocenters. The molecule has 232 valence electrons. The van der Waals surface area contributed by atoms with E-state index in [1.807, 2.05) is 0 Å². The summed E-state index contributed by atoms with van der Waals surface area (Å²) in [7, 11) is 0. The number of benzene rings is 4. The number of rotatable bonds is 10. The molecule has 1 aliphatic heterocycles. The van der Waals surface area contributed by atoms with Gasteiger partial charge in [0.15, 0.2) is 0 Å². The fourth-order valence-corrected chi connectivity index (χ4v) is 5.84. The fourth-order valence-electron chi connectivity index (χ4n) is 4.60. The number of hydrogen-bond donors (Lipinski definition) is 2. The van der Waals surface area contributed by atoms with Crippen molar-refractivity contribution in [2.75, 3.05) is 16.8 Å². The number of thioether (sulfide) groups is 1. The standard InChI is InChI=1S/C35H28ClN3O6S/c1-2-45-35(44)23-12-16-26(17-13-23)39-31(40)21-30(34(39)43)46-27-18-14-25(15-19-27)37-33(42)29(20-24-10-6-7-11-28(24)36)38-32(41)22-8-4-3-5-9-22/h3-20,30H,2,21H2,1H3,(H,37,42)(H,38,41)/b29-20-. The van der Waals surface area contributed by atoms with E-state index in [2.05, 4.69) is 10.6 Å². The van der Waals surface area contributed by atoms with Crippen molar-refractivity contribution >= 4 is 70.4 Å². The molecule has 4 amide bonds. The third-order valence-corrected chi connectivity index (χ3v) is 8.41. The lowest BCUT2D eigenvalue weighted by Gasteiger charge is -2.15. The van der Waals surface area contributed by atoms with Crippen molar-refractivity contribution in [3.63, 3.8) is 0 Å². The molecule has 0 bridgehead atoms. The van der Waals surface area contributed by atoms with Crippen LogP contribution in [0, 0.1) is 0 Å². The molecule has 1 saturated heterocycles. The molecule has 4 aromatic rings. The van der Waals surface area contributed by atoms with Gasteiger partial charge in [0.1, 0.15) is 5.70 Å². The number of carbonyl (C=O) groups excluding carboxylic acids is 5. The van der Waals surface area contributed by atoms with Crippen LogP contribution in [0.1, 0.15) is 39.6 Å². The van der Waals surface area contributed by atoms with Crippen LogP contribution in [-0.2, 0) is 19.1 Å². The Labute approximate surface area is 274 Å². The van der Waals surface area contributed by atoms with E-state index in [-0.39, 0.29) is 30.5 Å². The Kier molecular flexibility index (Phi) is 10.3. The van der Waals surface area contributed by atoms with Gasteiger partial charge >= 0.3 is 5.97 Å². The molecule has 1 fully saturated rings. The lowest BCUT2D eigenvalue weighted by Crippen LogP contribution is -2.31. The molecule has 0 spiro atoms. The monoisotopic (exact) mass is 653 g/mol. The van der Waals surface area contributed by atoms with Crippen molar-refractivity contribution in [3.8, 4) is 0 Å². The third-order valence-electron chi connectivity index (χ3n) is 6.87. The van der Waals surface area contributed by atoms with Crippen molar-refractivity contribution in [3.05, 3.63) is 131 Å². The first kappa shape index (κ1) is 32.2. The second kappa shape index (κ2) is 14.7. The summed E-state index contributed by atoms with van der Waals surface area (Å²) in [4.78, 5) is 66.0. The number of imide groups is 1. The average Bonchev–Trinajstić information content (AvgIpc) is 3.34. The van der Waals surface area contributed by atoms with Gasteiger partial charge in [0.05, 0.1) is 23.1 Å². The summed E-state index contributed by atoms with van der Waals surface area (Å²) in [5, 5.41) is 5.24. The van der Waals surface area contributed by atoms with E-state index >= 15 is 0 Å². The predicted molar refractivity (Wildman–Crippen MR) is 178 cm³/mol. The lowest BCUT2D eigenvalue weighted by molar-refractivity contribution is -0.121. The topological polar surface area (TPSA) is 122 Å². The number of ether oxygens (including phenoxy) is 1. The van der Waals surface area contributed by atoms with Crippen LogP contribution in [-0.4, -0.2) is 41.5 Å². The van der Waals surface area contributed by atoms with E-state index in [1.165, 1.54) is 30.0 Å². The molecule has 11 heteroatoms. The Hall–Kier alpha value is -5.19. The zero-order chi connectivity index (χ0) is 32.6. The van der Waals surface area contributed by atoms with Crippen molar-refractivity contribution in [1.82, 2.24) is 5.32 Å². The van der Waals surface area contributed by atoms with Gasteiger partial charge in [-0.2, -0.15) is 0 Å². The molecule has 0 saturated carbocycles. The molecule has 1 atom stereocenters. The molecule has 1 heterocycles. The maximum absolute atomic E-state index is 13.3. The Bertz CT molecular complexity index is 1810. The largest absolute Gasteiger partial charge is 0.462 e. The zero-order valence-electron chi connectivity index (χ0n) is 24.6. The van der Waals surface area contributed by atoms with E-state index in [9.17, 15) is 24.0 Å². The predicted octanol–water partition coefficient (Wildman–Crippen LogP) is 6.35. The van der Waals surface area contributed by atoms with E-state index in [0.717, 1.165) is 4.90 Å². The van der Waals surface area contributed by atoms with Crippen LogP contribution < -0.4 is 15.5 Å². The Morgan fingerprint density at radius 3 is 2.24 bits per heavy atom. The maximum atomic E-state index is 13.3. The van der Waals surface area contributed by atoms with Gasteiger partial charge in [-0.3, -0.25) is 19.2 Å². The van der Waals surface area contributed by atoms with Gasteiger partial charge in [-0.15, -0.1) is 11.8 Å². The van der Waals surface area contributed by atoms with Crippen molar-refractivity contribution in [2.24, 2.45) is 0 Å². The molecule has 0 aromatic heterocycles. The quantitative estimate of drug-likeness (QED) is 0.116. The lowest BCUT2D eigenvalue weighted by atomic mass is 10.1. The Morgan fingerprint density at radius 2 is 1.57 bits per heavy atom. The van der Waals surface area contributed by atoms with Crippen molar-refractivity contribution in [2.45, 2.75) is 23.5 Å². The summed E-state index contributed by atoms with van der Waals surface area (Å²) in [6.07, 6.45) is 1.51. The Balaban J connectivity index is 1.26. The molecule has 9 nitrogen and oxygen atoms in total. The fraction of sp³-hybridized carbons (Fsp3) is 0.114. The van der Waals surface area contributed by atoms with Gasteiger partial charge < -0.3 is 15.4 Å². The molecule has 0 aliphatic carbocycles. The van der Waals surface area contributed by atoms with Crippen LogP contribution in [0.3, 0.4) is 0 Å². The highest BCUT2D eigenvalue weighted by Gasteiger charge is 2.40. The van der Waals surface area contributed by atoms with Crippen molar-refractivity contribution in [1.29, 1.82) is 0 Å². The zero-order valence-corrected chi connectivity index (χ0v) is 26.1. The van der Waals surface area contributed by atoms with E-state index < -0.39 is 23.0 Å². The summed E-state index contributed by atoms with van der Waals surface area (Å²) in [6, 6.07) is 28.4. The van der Waals surface area contributed by atoms with E-state index in [1.54, 1.807) is 97.9 Å². The summed E-state index contributed by atoms with van der Waals surface area (Å²) in [6.45, 7) is 1.95. The second-order valence-electron chi connectivity index (χ2n) is 10.0. The van der Waals surface area contributed by atoms with Gasteiger partial charge in [0, 0.05) is 27.6 Å². The van der Waals surface area contributed by atoms with Crippen LogP contribution in [0.15, 0.2) is 114 Å². The van der Waals surface area contributed by atoms with Crippen LogP contribution >= 0.6 is 23.4 Å². The Morgan fingerprint density at radius 1 is 0.891 bits per heavy atom. The van der Waals surface area contributed by atoms with Crippen LogP contribution in [0.5, 0.6) is 0 Å². The normalized spacial score (nSPS) is 14.6. The summed E-state index contributed by atoms with van der Waals surface area (Å²) >= 11 is 7.55. The number of nitrogens with zero attached hydrogens (tertiary/aromatic N) is 1. The first-order valence-corrected chi connectivity index (χ1v) is 15.5. The number of nitrogens with one attached hydrogen (secondary N) is 2. The van der Waals surface area contributed by atoms with Gasteiger partial charge in [0.25, 0.3) is 11.8 Å². The summed E-state index contributed by atoms with van der Waals surface area (Å²) in [5.41, 5.74) is 2.08. The highest BCUT2D eigenvalue weighted by molar-refractivity contribution is 8.00. The molecular formula is C35H28ClN3O6S. The molecule has 5 rings (SSSR count). The second-order valence-corrected chi connectivity index (χ2v) is 11.7.